The van der Waals surface area contributed by atoms with E-state index in [-0.39, 0.29) is 0 Å². The van der Waals surface area contributed by atoms with E-state index in [9.17, 15) is 0 Å². The molecule has 4 rings (SSSR count). The topological polar surface area (TPSA) is 22.1 Å². The van der Waals surface area contributed by atoms with Crippen molar-refractivity contribution in [3.05, 3.63) is 95.0 Å². The normalized spacial score (nSPS) is 12.2. The number of hydrogen-bond donors (Lipinski definition) is 0. The van der Waals surface area contributed by atoms with Gasteiger partial charge in [0, 0.05) is 5.92 Å². The second kappa shape index (κ2) is 8.36. The van der Waals surface area contributed by atoms with Gasteiger partial charge in [0.15, 0.2) is 0 Å². The summed E-state index contributed by atoms with van der Waals surface area (Å²) in [6.45, 7) is 2.84. The predicted molar refractivity (Wildman–Crippen MR) is 114 cm³/mol. The zero-order chi connectivity index (χ0) is 18.5. The maximum Gasteiger partial charge on any atom is 0.119 e. The minimum Gasteiger partial charge on any atom is -0.489 e. The lowest BCUT2D eigenvalue weighted by Crippen LogP contribution is -2.01. The molecule has 0 saturated carbocycles. The summed E-state index contributed by atoms with van der Waals surface area (Å²) in [6.07, 6.45) is 2.10. The van der Waals surface area contributed by atoms with Gasteiger partial charge in [-0.2, -0.15) is 0 Å². The van der Waals surface area contributed by atoms with Crippen LogP contribution in [0.25, 0.3) is 10.2 Å². The van der Waals surface area contributed by atoms with E-state index < -0.39 is 0 Å². The fraction of sp³-hybridized carbons (Fsp3) is 0.208. The van der Waals surface area contributed by atoms with Crippen molar-refractivity contribution in [1.82, 2.24) is 4.98 Å². The van der Waals surface area contributed by atoms with Gasteiger partial charge in [-0.3, -0.25) is 0 Å². The van der Waals surface area contributed by atoms with E-state index in [0.29, 0.717) is 12.5 Å². The summed E-state index contributed by atoms with van der Waals surface area (Å²) in [7, 11) is 0. The van der Waals surface area contributed by atoms with E-state index in [1.165, 1.54) is 20.8 Å². The number of ether oxygens (including phenoxy) is 1. The zero-order valence-corrected chi connectivity index (χ0v) is 16.3. The molecule has 0 aliphatic carbocycles. The maximum absolute atomic E-state index is 5.89. The number of nitrogens with zero attached hydrogens (tertiary/aromatic N) is 1. The van der Waals surface area contributed by atoms with Crippen LogP contribution < -0.4 is 4.74 Å². The van der Waals surface area contributed by atoms with Crippen LogP contribution in [-0.2, 0) is 13.0 Å². The van der Waals surface area contributed by atoms with E-state index in [1.54, 1.807) is 0 Å². The number of fused-ring (bicyclic) bond motifs is 1. The molecular formula is C24H23NOS. The van der Waals surface area contributed by atoms with Crippen molar-refractivity contribution < 1.29 is 4.74 Å². The van der Waals surface area contributed by atoms with Crippen LogP contribution in [0.4, 0.5) is 0 Å². The lowest BCUT2D eigenvalue weighted by molar-refractivity contribution is 0.306. The summed E-state index contributed by atoms with van der Waals surface area (Å²) in [5.41, 5.74) is 3.62. The Kier molecular flexibility index (Phi) is 5.50. The van der Waals surface area contributed by atoms with Gasteiger partial charge in [0.1, 0.15) is 12.4 Å². The highest BCUT2D eigenvalue weighted by Crippen LogP contribution is 2.31. The van der Waals surface area contributed by atoms with E-state index in [1.807, 2.05) is 29.5 Å². The second-order valence-electron chi connectivity index (χ2n) is 6.75. The number of benzene rings is 3. The smallest absolute Gasteiger partial charge is 0.119 e. The summed E-state index contributed by atoms with van der Waals surface area (Å²) in [4.78, 5) is 4.85. The van der Waals surface area contributed by atoms with E-state index >= 15 is 0 Å². The number of rotatable bonds is 7. The molecule has 0 N–H and O–H groups in total. The first kappa shape index (κ1) is 17.7. The molecule has 1 aromatic heterocycles. The van der Waals surface area contributed by atoms with Crippen molar-refractivity contribution in [3.8, 4) is 5.75 Å². The summed E-state index contributed by atoms with van der Waals surface area (Å²) < 4.78 is 7.17. The average molecular weight is 374 g/mol. The van der Waals surface area contributed by atoms with Crippen molar-refractivity contribution >= 4 is 21.6 Å². The highest BCUT2D eigenvalue weighted by Gasteiger charge is 2.15. The minimum atomic E-state index is 0.457. The van der Waals surface area contributed by atoms with Crippen molar-refractivity contribution in [2.45, 2.75) is 32.3 Å². The molecule has 3 aromatic carbocycles. The summed E-state index contributed by atoms with van der Waals surface area (Å²) in [5.74, 6) is 1.37. The van der Waals surface area contributed by atoms with Crippen LogP contribution in [0.2, 0.25) is 0 Å². The molecule has 0 fully saturated rings. The molecule has 0 aliphatic rings. The Hall–Kier alpha value is -2.65. The fourth-order valence-electron chi connectivity index (χ4n) is 3.22. The van der Waals surface area contributed by atoms with Gasteiger partial charge < -0.3 is 4.74 Å². The van der Waals surface area contributed by atoms with Gasteiger partial charge in [0.05, 0.1) is 15.2 Å². The van der Waals surface area contributed by atoms with Crippen molar-refractivity contribution in [1.29, 1.82) is 0 Å². The average Bonchev–Trinajstić information content (AvgIpc) is 3.16. The van der Waals surface area contributed by atoms with Gasteiger partial charge in [0.2, 0.25) is 0 Å². The van der Waals surface area contributed by atoms with Gasteiger partial charge in [-0.05, 0) is 48.2 Å². The van der Waals surface area contributed by atoms with Crippen molar-refractivity contribution in [2.75, 3.05) is 0 Å². The van der Waals surface area contributed by atoms with Crippen LogP contribution in [-0.4, -0.2) is 4.98 Å². The van der Waals surface area contributed by atoms with Gasteiger partial charge in [-0.15, -0.1) is 11.3 Å². The number of para-hydroxylation sites is 1. The lowest BCUT2D eigenvalue weighted by Gasteiger charge is -2.13. The summed E-state index contributed by atoms with van der Waals surface area (Å²) in [5, 5.41) is 1.24. The van der Waals surface area contributed by atoms with Gasteiger partial charge in [-0.25, -0.2) is 4.98 Å². The molecule has 2 nitrogen and oxygen atoms in total. The molecule has 0 radical (unpaired) electrons. The molecule has 0 saturated heterocycles. The SMILES string of the molecule is CCC(Cc1ccc(OCc2ccccc2)cc1)c1nc2ccccc2s1. The van der Waals surface area contributed by atoms with E-state index in [4.69, 9.17) is 9.72 Å². The van der Waals surface area contributed by atoms with Crippen LogP contribution in [0.1, 0.15) is 35.4 Å². The zero-order valence-electron chi connectivity index (χ0n) is 15.5. The Morgan fingerprint density at radius 2 is 1.59 bits per heavy atom. The predicted octanol–water partition coefficient (Wildman–Crippen LogP) is 6.61. The molecule has 4 aromatic rings. The quantitative estimate of drug-likeness (QED) is 0.363. The molecule has 27 heavy (non-hydrogen) atoms. The Bertz CT molecular complexity index is 959. The lowest BCUT2D eigenvalue weighted by atomic mass is 9.97. The molecule has 0 spiro atoms. The highest BCUT2D eigenvalue weighted by molar-refractivity contribution is 7.18. The molecule has 1 heterocycles. The molecule has 0 aliphatic heterocycles. The Balaban J connectivity index is 1.42. The number of hydrogen-bond acceptors (Lipinski definition) is 3. The highest BCUT2D eigenvalue weighted by atomic mass is 32.1. The maximum atomic E-state index is 5.89. The van der Waals surface area contributed by atoms with Crippen molar-refractivity contribution in [3.63, 3.8) is 0 Å². The Morgan fingerprint density at radius 3 is 2.33 bits per heavy atom. The van der Waals surface area contributed by atoms with Crippen LogP contribution in [0.5, 0.6) is 5.75 Å². The molecule has 0 bridgehead atoms. The van der Waals surface area contributed by atoms with Gasteiger partial charge in [-0.1, -0.05) is 61.5 Å². The number of aromatic nitrogens is 1. The molecule has 136 valence electrons. The molecule has 1 atom stereocenters. The monoisotopic (exact) mass is 373 g/mol. The standard InChI is InChI=1S/C24H23NOS/c1-2-20(24-25-22-10-6-7-11-23(22)27-24)16-18-12-14-21(15-13-18)26-17-19-8-4-3-5-9-19/h3-15,20H,2,16-17H2,1H3. The van der Waals surface area contributed by atoms with Gasteiger partial charge in [0.25, 0.3) is 0 Å². The third-order valence-electron chi connectivity index (χ3n) is 4.81. The fourth-order valence-corrected chi connectivity index (χ4v) is 4.37. The van der Waals surface area contributed by atoms with Crippen LogP contribution in [0.3, 0.4) is 0 Å². The second-order valence-corrected chi connectivity index (χ2v) is 7.81. The first-order valence-corrected chi connectivity index (χ1v) is 10.2. The first-order valence-electron chi connectivity index (χ1n) is 9.43. The first-order chi connectivity index (χ1) is 13.3. The Labute approximate surface area is 164 Å². The van der Waals surface area contributed by atoms with E-state index in [2.05, 4.69) is 67.6 Å². The third-order valence-corrected chi connectivity index (χ3v) is 6.01. The molecule has 1 unspecified atom stereocenters. The van der Waals surface area contributed by atoms with Crippen LogP contribution in [0.15, 0.2) is 78.9 Å². The Morgan fingerprint density at radius 1 is 0.852 bits per heavy atom. The largest absolute Gasteiger partial charge is 0.489 e. The molecule has 3 heteroatoms. The van der Waals surface area contributed by atoms with E-state index in [0.717, 1.165) is 24.1 Å². The summed E-state index contributed by atoms with van der Waals surface area (Å²) >= 11 is 1.82. The van der Waals surface area contributed by atoms with Gasteiger partial charge >= 0.3 is 0 Å². The molecular weight excluding hydrogens is 350 g/mol. The molecule has 0 amide bonds. The minimum absolute atomic E-state index is 0.457. The van der Waals surface area contributed by atoms with Crippen LogP contribution >= 0.6 is 11.3 Å². The summed E-state index contributed by atoms with van der Waals surface area (Å²) in [6, 6.07) is 27.1. The third kappa shape index (κ3) is 4.37. The van der Waals surface area contributed by atoms with Crippen LogP contribution in [0, 0.1) is 0 Å². The van der Waals surface area contributed by atoms with Crippen molar-refractivity contribution in [2.24, 2.45) is 0 Å². The number of thiazole rings is 1.